The Labute approximate surface area is 243 Å². The van der Waals surface area contributed by atoms with Gasteiger partial charge < -0.3 is 14.2 Å². The number of nitrogens with zero attached hydrogens (tertiary/aromatic N) is 2. The molecule has 3 aromatic rings. The summed E-state index contributed by atoms with van der Waals surface area (Å²) in [6, 6.07) is 6.76. The smallest absolute Gasteiger partial charge is 0.438 e. The molecule has 0 saturated heterocycles. The summed E-state index contributed by atoms with van der Waals surface area (Å²) in [7, 11) is -3.28. The summed E-state index contributed by atoms with van der Waals surface area (Å²) in [5.41, 5.74) is -3.83. The molecular formula is C26H28F4N4O8S. The van der Waals surface area contributed by atoms with Crippen LogP contribution in [0.5, 0.6) is 11.5 Å². The number of halogens is 4. The molecular weight excluding hydrogens is 604 g/mol. The fraction of sp³-hybridized carbons (Fsp3) is 0.423. The third kappa shape index (κ3) is 6.55. The molecule has 0 fully saturated rings. The van der Waals surface area contributed by atoms with Gasteiger partial charge in [0.25, 0.3) is 10.0 Å². The molecule has 0 saturated carbocycles. The number of fused-ring (bicyclic) bond motifs is 1. The zero-order valence-corrected chi connectivity index (χ0v) is 24.4. The minimum Gasteiger partial charge on any atom is -0.494 e. The Kier molecular flexibility index (Phi) is 8.16. The van der Waals surface area contributed by atoms with E-state index in [0.717, 1.165) is 22.5 Å². The van der Waals surface area contributed by atoms with Crippen molar-refractivity contribution in [3.8, 4) is 11.5 Å². The first-order valence-corrected chi connectivity index (χ1v) is 14.1. The molecule has 2 heterocycles. The molecule has 0 bridgehead atoms. The van der Waals surface area contributed by atoms with Crippen LogP contribution in [0.25, 0.3) is 0 Å². The summed E-state index contributed by atoms with van der Waals surface area (Å²) < 4.78 is 103. The van der Waals surface area contributed by atoms with Crippen molar-refractivity contribution in [2.24, 2.45) is 0 Å². The van der Waals surface area contributed by atoms with Crippen LogP contribution in [0.15, 0.2) is 50.6 Å². The predicted octanol–water partition coefficient (Wildman–Crippen LogP) is 4.72. The number of methoxy groups -OCH3 is 1. The zero-order chi connectivity index (χ0) is 32.0. The highest BCUT2D eigenvalue weighted by molar-refractivity contribution is 7.92. The lowest BCUT2D eigenvalue weighted by Crippen LogP contribution is -2.46. The van der Waals surface area contributed by atoms with E-state index in [4.69, 9.17) is 9.47 Å². The number of benzene rings is 2. The first-order chi connectivity index (χ1) is 19.8. The number of rotatable bonds is 8. The van der Waals surface area contributed by atoms with Crippen molar-refractivity contribution < 1.29 is 49.5 Å². The Hall–Kier alpha value is -4.28. The molecule has 1 amide bonds. The molecule has 234 valence electrons. The van der Waals surface area contributed by atoms with E-state index < -0.39 is 51.0 Å². The topological polar surface area (TPSA) is 153 Å². The van der Waals surface area contributed by atoms with Crippen molar-refractivity contribution in [1.82, 2.24) is 10.1 Å². The fourth-order valence-electron chi connectivity index (χ4n) is 4.27. The second kappa shape index (κ2) is 11.1. The van der Waals surface area contributed by atoms with Gasteiger partial charge in [0.15, 0.2) is 17.4 Å². The quantitative estimate of drug-likeness (QED) is 0.336. The first-order valence-electron chi connectivity index (χ1n) is 12.6. The summed E-state index contributed by atoms with van der Waals surface area (Å²) in [5.74, 6) is -1.65. The molecule has 1 atom stereocenters. The van der Waals surface area contributed by atoms with Crippen molar-refractivity contribution in [3.63, 3.8) is 0 Å². The van der Waals surface area contributed by atoms with Gasteiger partial charge in [-0.3, -0.25) is 19.1 Å². The number of hydrogen-bond donors (Lipinski definition) is 2. The van der Waals surface area contributed by atoms with Crippen LogP contribution in [-0.2, 0) is 20.2 Å². The van der Waals surface area contributed by atoms with Crippen LogP contribution in [0.4, 0.5) is 33.7 Å². The maximum absolute atomic E-state index is 14.1. The third-order valence-corrected chi connectivity index (χ3v) is 8.47. The number of ether oxygens (including phenoxy) is 3. The summed E-state index contributed by atoms with van der Waals surface area (Å²) in [6.07, 6.45) is -6.97. The predicted molar refractivity (Wildman–Crippen MR) is 143 cm³/mol. The standard InChI is InChI=1S/C26H28F4N4O8S/c1-24(2,21-32-23(36)42-33-21)12-15-13-34(43(37,38)16-7-8-17(27)20(11-16)39-5)18-10-14(6-9-19(18)40-15)31-22(35)41-25(3,4)26(28,29)30/h6-11,15H,12-13H2,1-5H3,(H,31,35)(H,32,33,36)/t15-/m1/s1. The van der Waals surface area contributed by atoms with E-state index in [-0.39, 0.29) is 46.6 Å². The van der Waals surface area contributed by atoms with Gasteiger partial charge in [-0.2, -0.15) is 13.2 Å². The number of sulfonamides is 1. The van der Waals surface area contributed by atoms with Gasteiger partial charge in [-0.1, -0.05) is 19.0 Å². The van der Waals surface area contributed by atoms with E-state index in [0.29, 0.717) is 13.8 Å². The number of aromatic amines is 1. The molecule has 43 heavy (non-hydrogen) atoms. The number of anilines is 2. The SMILES string of the molecule is COc1cc(S(=O)(=O)N2C[C@@H](CC(C)(C)c3noc(=O)[nH]3)Oc3ccc(NC(=O)OC(C)(C)C(F)(F)F)cc32)ccc1F. The summed E-state index contributed by atoms with van der Waals surface area (Å²) in [6.45, 7) is 4.51. The van der Waals surface area contributed by atoms with Gasteiger partial charge in [0.05, 0.1) is 24.2 Å². The number of hydrogen-bond acceptors (Lipinski definition) is 9. The Morgan fingerprint density at radius 2 is 1.86 bits per heavy atom. The minimum atomic E-state index is -4.85. The number of H-pyrrole nitrogens is 1. The van der Waals surface area contributed by atoms with E-state index in [1.54, 1.807) is 13.8 Å². The second-order valence-electron chi connectivity index (χ2n) is 10.8. The van der Waals surface area contributed by atoms with Crippen molar-refractivity contribution in [3.05, 3.63) is 58.6 Å². The van der Waals surface area contributed by atoms with Crippen molar-refractivity contribution in [1.29, 1.82) is 0 Å². The molecule has 1 aliphatic rings. The van der Waals surface area contributed by atoms with Crippen LogP contribution in [0.2, 0.25) is 0 Å². The Morgan fingerprint density at radius 3 is 2.47 bits per heavy atom. The molecule has 17 heteroatoms. The van der Waals surface area contributed by atoms with Gasteiger partial charge in [-0.15, -0.1) is 0 Å². The lowest BCUT2D eigenvalue weighted by molar-refractivity contribution is -0.242. The van der Waals surface area contributed by atoms with E-state index in [2.05, 4.69) is 24.7 Å². The first kappa shape index (κ1) is 31.7. The molecule has 0 spiro atoms. The molecule has 1 aromatic heterocycles. The summed E-state index contributed by atoms with van der Waals surface area (Å²) in [5, 5.41) is 5.89. The van der Waals surface area contributed by atoms with Gasteiger partial charge >= 0.3 is 18.0 Å². The number of nitrogens with one attached hydrogen (secondary N) is 2. The van der Waals surface area contributed by atoms with Crippen LogP contribution < -0.4 is 24.9 Å². The average Bonchev–Trinajstić information content (AvgIpc) is 3.34. The number of carbonyl (C=O) groups is 1. The van der Waals surface area contributed by atoms with E-state index in [9.17, 15) is 35.6 Å². The minimum absolute atomic E-state index is 0.0490. The lowest BCUT2D eigenvalue weighted by Gasteiger charge is -2.38. The van der Waals surface area contributed by atoms with Crippen molar-refractivity contribution in [2.45, 2.75) is 62.3 Å². The van der Waals surface area contributed by atoms with Gasteiger partial charge in [0, 0.05) is 17.2 Å². The number of alkyl halides is 3. The maximum Gasteiger partial charge on any atom is 0.438 e. The van der Waals surface area contributed by atoms with Crippen molar-refractivity contribution in [2.75, 3.05) is 23.3 Å². The van der Waals surface area contributed by atoms with Gasteiger partial charge in [-0.25, -0.2) is 22.4 Å². The molecule has 0 unspecified atom stereocenters. The van der Waals surface area contributed by atoms with E-state index >= 15 is 0 Å². The van der Waals surface area contributed by atoms with Crippen LogP contribution in [0, 0.1) is 5.82 Å². The van der Waals surface area contributed by atoms with Crippen LogP contribution >= 0.6 is 0 Å². The molecule has 1 aliphatic heterocycles. The normalized spacial score (nSPS) is 15.8. The second-order valence-corrected chi connectivity index (χ2v) is 12.7. The maximum atomic E-state index is 14.1. The van der Waals surface area contributed by atoms with E-state index in [1.807, 2.05) is 0 Å². The molecule has 2 N–H and O–H groups in total. The third-order valence-electron chi connectivity index (χ3n) is 6.70. The lowest BCUT2D eigenvalue weighted by atomic mass is 9.85. The molecule has 4 rings (SSSR count). The van der Waals surface area contributed by atoms with E-state index in [1.165, 1.54) is 25.3 Å². The Bertz CT molecular complexity index is 1680. The Balaban J connectivity index is 1.72. The monoisotopic (exact) mass is 632 g/mol. The number of aromatic nitrogens is 2. The van der Waals surface area contributed by atoms with Gasteiger partial charge in [-0.05, 0) is 50.6 Å². The fourth-order valence-corrected chi connectivity index (χ4v) is 5.79. The number of carbonyl (C=O) groups excluding carboxylic acids is 1. The van der Waals surface area contributed by atoms with Crippen molar-refractivity contribution >= 4 is 27.5 Å². The average molecular weight is 633 g/mol. The Morgan fingerprint density at radius 1 is 1.16 bits per heavy atom. The van der Waals surface area contributed by atoms with Crippen LogP contribution in [-0.4, -0.2) is 56.2 Å². The molecule has 0 aliphatic carbocycles. The highest BCUT2D eigenvalue weighted by Crippen LogP contribution is 2.42. The number of amides is 1. The molecule has 12 nitrogen and oxygen atoms in total. The van der Waals surface area contributed by atoms with Gasteiger partial charge in [0.2, 0.25) is 5.60 Å². The van der Waals surface area contributed by atoms with Gasteiger partial charge in [0.1, 0.15) is 11.9 Å². The summed E-state index contributed by atoms with van der Waals surface area (Å²) >= 11 is 0. The molecule has 0 radical (unpaired) electrons. The van der Waals surface area contributed by atoms with Crippen LogP contribution in [0.3, 0.4) is 0 Å². The molecule has 2 aromatic carbocycles. The van der Waals surface area contributed by atoms with Crippen LogP contribution in [0.1, 0.15) is 39.9 Å². The highest BCUT2D eigenvalue weighted by atomic mass is 32.2. The summed E-state index contributed by atoms with van der Waals surface area (Å²) in [4.78, 5) is 26.0. The largest absolute Gasteiger partial charge is 0.494 e. The highest BCUT2D eigenvalue weighted by Gasteiger charge is 2.51. The zero-order valence-electron chi connectivity index (χ0n) is 23.5.